The molecule has 0 aliphatic rings. The lowest BCUT2D eigenvalue weighted by Crippen LogP contribution is -2.42. The van der Waals surface area contributed by atoms with Gasteiger partial charge < -0.3 is 20.1 Å². The van der Waals surface area contributed by atoms with Crippen molar-refractivity contribution >= 4 is 18.0 Å². The number of carbonyl (C=O) groups is 3. The highest BCUT2D eigenvalue weighted by molar-refractivity contribution is 5.76. The largest absolute Gasteiger partial charge is 0.481 e. The van der Waals surface area contributed by atoms with Crippen LogP contribution in [0.25, 0.3) is 0 Å². The number of carboxylic acid groups (broad SMARTS) is 1. The average Bonchev–Trinajstić information content (AvgIpc) is 2.38. The number of amides is 2. The number of methoxy groups -OCH3 is 1. The van der Waals surface area contributed by atoms with E-state index in [1.165, 1.54) is 19.1 Å². The number of hydrogen-bond acceptors (Lipinski definition) is 4. The van der Waals surface area contributed by atoms with Gasteiger partial charge in [0.15, 0.2) is 0 Å². The molecule has 7 nitrogen and oxygen atoms in total. The van der Waals surface area contributed by atoms with Crippen LogP contribution in [0.5, 0.6) is 0 Å². The first-order chi connectivity index (χ1) is 9.56. The van der Waals surface area contributed by atoms with Crippen LogP contribution in [0, 0.1) is 11.3 Å². The van der Waals surface area contributed by atoms with Crippen molar-refractivity contribution in [1.29, 1.82) is 0 Å². The van der Waals surface area contributed by atoms with Gasteiger partial charge in [-0.15, -0.1) is 0 Å². The Hall–Kier alpha value is -1.79. The molecule has 1 unspecified atom stereocenters. The summed E-state index contributed by atoms with van der Waals surface area (Å²) in [4.78, 5) is 35.3. The standard InChI is InChI=1S/C14H26N2O5/c1-14(2,3)8-10(12(18)19)9-15-13(20)16(4)7-6-11(17)21-5/h10H,6-9H2,1-5H3,(H,15,20)(H,18,19). The molecule has 0 aromatic carbocycles. The summed E-state index contributed by atoms with van der Waals surface area (Å²) >= 11 is 0. The minimum Gasteiger partial charge on any atom is -0.481 e. The fourth-order valence-electron chi connectivity index (χ4n) is 1.79. The minimum atomic E-state index is -0.928. The van der Waals surface area contributed by atoms with Crippen LogP contribution in [0.4, 0.5) is 4.79 Å². The lowest BCUT2D eigenvalue weighted by molar-refractivity contribution is -0.142. The maximum atomic E-state index is 11.8. The minimum absolute atomic E-state index is 0.0635. The van der Waals surface area contributed by atoms with Crippen molar-refractivity contribution in [2.24, 2.45) is 11.3 Å². The van der Waals surface area contributed by atoms with E-state index < -0.39 is 23.9 Å². The third kappa shape index (κ3) is 8.88. The van der Waals surface area contributed by atoms with Crippen molar-refractivity contribution < 1.29 is 24.2 Å². The van der Waals surface area contributed by atoms with Crippen molar-refractivity contribution in [1.82, 2.24) is 10.2 Å². The smallest absolute Gasteiger partial charge is 0.317 e. The monoisotopic (exact) mass is 302 g/mol. The Kier molecular flexibility index (Phi) is 7.76. The van der Waals surface area contributed by atoms with Gasteiger partial charge in [-0.3, -0.25) is 9.59 Å². The molecule has 0 aliphatic heterocycles. The number of esters is 1. The SMILES string of the molecule is COC(=O)CCN(C)C(=O)NCC(CC(C)(C)C)C(=O)O. The molecule has 2 amide bonds. The van der Waals surface area contributed by atoms with Crippen molar-refractivity contribution in [3.8, 4) is 0 Å². The van der Waals surface area contributed by atoms with Crippen LogP contribution in [-0.2, 0) is 14.3 Å². The van der Waals surface area contributed by atoms with Crippen LogP contribution in [0.3, 0.4) is 0 Å². The predicted octanol–water partition coefficient (Wildman–Crippen LogP) is 1.33. The van der Waals surface area contributed by atoms with Crippen LogP contribution < -0.4 is 5.32 Å². The van der Waals surface area contributed by atoms with E-state index in [1.54, 1.807) is 0 Å². The first-order valence-corrected chi connectivity index (χ1v) is 6.85. The second-order valence-corrected chi connectivity index (χ2v) is 6.23. The lowest BCUT2D eigenvalue weighted by atomic mass is 9.84. The first kappa shape index (κ1) is 19.2. The van der Waals surface area contributed by atoms with Gasteiger partial charge in [-0.05, 0) is 11.8 Å². The van der Waals surface area contributed by atoms with Gasteiger partial charge in [-0.25, -0.2) is 4.79 Å². The topological polar surface area (TPSA) is 95.9 Å². The van der Waals surface area contributed by atoms with Crippen molar-refractivity contribution in [2.75, 3.05) is 27.2 Å². The van der Waals surface area contributed by atoms with E-state index in [2.05, 4.69) is 10.1 Å². The Morgan fingerprint density at radius 2 is 1.86 bits per heavy atom. The summed E-state index contributed by atoms with van der Waals surface area (Å²) in [6.45, 7) is 6.14. The molecule has 122 valence electrons. The lowest BCUT2D eigenvalue weighted by Gasteiger charge is -2.24. The normalized spacial score (nSPS) is 12.4. The molecule has 0 aromatic rings. The molecule has 0 bridgehead atoms. The van der Waals surface area contributed by atoms with E-state index in [9.17, 15) is 19.5 Å². The van der Waals surface area contributed by atoms with Gasteiger partial charge in [-0.2, -0.15) is 0 Å². The molecule has 0 fully saturated rings. The van der Waals surface area contributed by atoms with E-state index in [-0.39, 0.29) is 24.9 Å². The van der Waals surface area contributed by atoms with Crippen LogP contribution >= 0.6 is 0 Å². The quantitative estimate of drug-likeness (QED) is 0.692. The number of rotatable bonds is 7. The number of aliphatic carboxylic acids is 1. The highest BCUT2D eigenvalue weighted by Crippen LogP contribution is 2.24. The van der Waals surface area contributed by atoms with Gasteiger partial charge >= 0.3 is 18.0 Å². The van der Waals surface area contributed by atoms with Gasteiger partial charge in [-0.1, -0.05) is 20.8 Å². The van der Waals surface area contributed by atoms with Crippen LogP contribution in [0.1, 0.15) is 33.6 Å². The van der Waals surface area contributed by atoms with E-state index in [0.717, 1.165) is 0 Å². The Labute approximate surface area is 125 Å². The molecule has 0 heterocycles. The van der Waals surface area contributed by atoms with E-state index in [0.29, 0.717) is 6.42 Å². The van der Waals surface area contributed by atoms with Gasteiger partial charge in [0.2, 0.25) is 0 Å². The summed E-state index contributed by atoms with van der Waals surface area (Å²) < 4.78 is 4.49. The summed E-state index contributed by atoms with van der Waals surface area (Å²) in [5, 5.41) is 11.8. The third-order valence-corrected chi connectivity index (χ3v) is 2.93. The molecule has 1 atom stereocenters. The Balaban J connectivity index is 4.30. The Morgan fingerprint density at radius 1 is 1.29 bits per heavy atom. The molecule has 0 aromatic heterocycles. The number of carbonyl (C=O) groups excluding carboxylic acids is 2. The number of nitrogens with one attached hydrogen (secondary N) is 1. The molecule has 0 rings (SSSR count). The van der Waals surface area contributed by atoms with Gasteiger partial charge in [0, 0.05) is 20.1 Å². The average molecular weight is 302 g/mol. The molecule has 7 heteroatoms. The molecule has 0 radical (unpaired) electrons. The molecule has 21 heavy (non-hydrogen) atoms. The maximum Gasteiger partial charge on any atom is 0.317 e. The van der Waals surface area contributed by atoms with Gasteiger partial charge in [0.05, 0.1) is 19.4 Å². The van der Waals surface area contributed by atoms with Crippen molar-refractivity contribution in [2.45, 2.75) is 33.6 Å². The predicted molar refractivity (Wildman–Crippen MR) is 77.9 cm³/mol. The van der Waals surface area contributed by atoms with Gasteiger partial charge in [0.25, 0.3) is 0 Å². The number of urea groups is 1. The fraction of sp³-hybridized carbons (Fsp3) is 0.786. The van der Waals surface area contributed by atoms with Crippen LogP contribution in [0.15, 0.2) is 0 Å². The fourth-order valence-corrected chi connectivity index (χ4v) is 1.79. The van der Waals surface area contributed by atoms with Gasteiger partial charge in [0.1, 0.15) is 0 Å². The summed E-state index contributed by atoms with van der Waals surface area (Å²) in [5.41, 5.74) is -0.134. The first-order valence-electron chi connectivity index (χ1n) is 6.85. The second-order valence-electron chi connectivity index (χ2n) is 6.23. The number of nitrogens with zero attached hydrogens (tertiary/aromatic N) is 1. The molecular weight excluding hydrogens is 276 g/mol. The zero-order valence-corrected chi connectivity index (χ0v) is 13.4. The molecule has 2 N–H and O–H groups in total. The second kappa shape index (κ2) is 8.49. The zero-order valence-electron chi connectivity index (χ0n) is 13.4. The van der Waals surface area contributed by atoms with E-state index in [1.807, 2.05) is 20.8 Å². The van der Waals surface area contributed by atoms with E-state index >= 15 is 0 Å². The number of ether oxygens (including phenoxy) is 1. The highest BCUT2D eigenvalue weighted by Gasteiger charge is 2.25. The van der Waals surface area contributed by atoms with E-state index in [4.69, 9.17) is 0 Å². The summed E-state index contributed by atoms with van der Waals surface area (Å²) in [7, 11) is 2.82. The molecule has 0 aliphatic carbocycles. The molecular formula is C14H26N2O5. The summed E-state index contributed by atoms with van der Waals surface area (Å²) in [6, 6.07) is -0.404. The highest BCUT2D eigenvalue weighted by atomic mass is 16.5. The van der Waals surface area contributed by atoms with Crippen molar-refractivity contribution in [3.63, 3.8) is 0 Å². The van der Waals surface area contributed by atoms with Crippen molar-refractivity contribution in [3.05, 3.63) is 0 Å². The molecule has 0 spiro atoms. The van der Waals surface area contributed by atoms with Crippen LogP contribution in [0.2, 0.25) is 0 Å². The summed E-state index contributed by atoms with van der Waals surface area (Å²) in [5.74, 6) is -1.96. The molecule has 0 saturated carbocycles. The Morgan fingerprint density at radius 3 is 2.29 bits per heavy atom. The third-order valence-electron chi connectivity index (χ3n) is 2.93. The van der Waals surface area contributed by atoms with Crippen LogP contribution in [-0.4, -0.2) is 55.2 Å². The zero-order chi connectivity index (χ0) is 16.6. The summed E-state index contributed by atoms with van der Waals surface area (Å²) in [6.07, 6.45) is 0.569. The maximum absolute atomic E-state index is 11.8. The molecule has 0 saturated heterocycles. The number of hydrogen-bond donors (Lipinski definition) is 2. The Bertz CT molecular complexity index is 376. The number of carboxylic acids is 1.